The molecule has 0 aliphatic heterocycles. The summed E-state index contributed by atoms with van der Waals surface area (Å²) in [6.07, 6.45) is 3.90. The smallest absolute Gasteiger partial charge is 0.123 e. The monoisotopic (exact) mass is 448 g/mol. The van der Waals surface area contributed by atoms with Gasteiger partial charge in [0.25, 0.3) is 0 Å². The van der Waals surface area contributed by atoms with E-state index in [0.29, 0.717) is 6.54 Å². The molecule has 34 heavy (non-hydrogen) atoms. The van der Waals surface area contributed by atoms with Crippen LogP contribution >= 0.6 is 0 Å². The Morgan fingerprint density at radius 1 is 0.735 bits per heavy atom. The lowest BCUT2D eigenvalue weighted by molar-refractivity contribution is 0.627. The van der Waals surface area contributed by atoms with Gasteiger partial charge in [0.2, 0.25) is 0 Å². The van der Waals surface area contributed by atoms with Crippen LogP contribution in [0.4, 0.5) is 14.5 Å². The van der Waals surface area contributed by atoms with E-state index in [9.17, 15) is 8.78 Å². The van der Waals surface area contributed by atoms with Gasteiger partial charge in [0.05, 0.1) is 5.52 Å². The van der Waals surface area contributed by atoms with E-state index in [0.717, 1.165) is 44.4 Å². The van der Waals surface area contributed by atoms with E-state index in [4.69, 9.17) is 4.98 Å². The molecule has 4 aromatic carbocycles. The number of halogens is 2. The largest absolute Gasteiger partial charge is 0.381 e. The van der Waals surface area contributed by atoms with Gasteiger partial charge in [-0.15, -0.1) is 0 Å². The number of hydrogen-bond acceptors (Lipinski definition) is 2. The van der Waals surface area contributed by atoms with Gasteiger partial charge in [-0.05, 0) is 65.2 Å². The number of para-hydroxylation sites is 2. The third-order valence-electron chi connectivity index (χ3n) is 5.72. The molecule has 1 aromatic heterocycles. The number of rotatable bonds is 6. The quantitative estimate of drug-likeness (QED) is 0.286. The van der Waals surface area contributed by atoms with Crippen LogP contribution in [0.3, 0.4) is 0 Å². The van der Waals surface area contributed by atoms with Crippen molar-refractivity contribution in [2.75, 3.05) is 11.9 Å². The molecule has 5 rings (SSSR count). The van der Waals surface area contributed by atoms with E-state index in [1.54, 1.807) is 24.3 Å². The van der Waals surface area contributed by atoms with Crippen molar-refractivity contribution in [3.05, 3.63) is 132 Å². The fraction of sp³-hybridized carbons (Fsp3) is 0.0333. The van der Waals surface area contributed by atoms with Gasteiger partial charge in [-0.2, -0.15) is 0 Å². The molecule has 0 atom stereocenters. The number of hydrogen-bond donors (Lipinski definition) is 1. The third kappa shape index (κ3) is 4.71. The Balaban J connectivity index is 1.69. The first kappa shape index (κ1) is 21.5. The molecule has 5 aromatic rings. The summed E-state index contributed by atoms with van der Waals surface area (Å²) in [7, 11) is 0. The summed E-state index contributed by atoms with van der Waals surface area (Å²) >= 11 is 0. The predicted octanol–water partition coefficient (Wildman–Crippen LogP) is 7.83. The second kappa shape index (κ2) is 9.67. The van der Waals surface area contributed by atoms with Crippen LogP contribution in [0.15, 0.2) is 109 Å². The summed E-state index contributed by atoms with van der Waals surface area (Å²) in [4.78, 5) is 4.71. The Morgan fingerprint density at radius 2 is 1.38 bits per heavy atom. The lowest BCUT2D eigenvalue weighted by Crippen LogP contribution is -2.06. The average molecular weight is 449 g/mol. The van der Waals surface area contributed by atoms with E-state index in [-0.39, 0.29) is 11.6 Å². The first-order chi connectivity index (χ1) is 16.7. The van der Waals surface area contributed by atoms with Crippen molar-refractivity contribution < 1.29 is 8.78 Å². The number of fused-ring (bicyclic) bond motifs is 1. The molecule has 0 unspecified atom stereocenters. The fourth-order valence-electron chi connectivity index (χ4n) is 4.05. The van der Waals surface area contributed by atoms with Crippen molar-refractivity contribution >= 4 is 28.2 Å². The zero-order chi connectivity index (χ0) is 23.3. The van der Waals surface area contributed by atoms with Crippen molar-refractivity contribution in [1.29, 1.82) is 0 Å². The number of pyridine rings is 1. The molecule has 0 spiro atoms. The van der Waals surface area contributed by atoms with Gasteiger partial charge in [-0.25, -0.2) is 8.78 Å². The van der Waals surface area contributed by atoms with Gasteiger partial charge < -0.3 is 5.32 Å². The summed E-state index contributed by atoms with van der Waals surface area (Å²) in [6, 6.07) is 30.8. The number of nitrogens with zero attached hydrogens (tertiary/aromatic N) is 1. The number of nitrogens with one attached hydrogen (secondary N) is 1. The summed E-state index contributed by atoms with van der Waals surface area (Å²) in [6.45, 7) is 0.523. The second-order valence-corrected chi connectivity index (χ2v) is 8.01. The molecule has 0 amide bonds. The van der Waals surface area contributed by atoms with Gasteiger partial charge in [0.15, 0.2) is 0 Å². The molecule has 1 N–H and O–H groups in total. The maximum atomic E-state index is 13.7. The van der Waals surface area contributed by atoms with Crippen LogP contribution in [-0.4, -0.2) is 11.5 Å². The zero-order valence-electron chi connectivity index (χ0n) is 18.4. The van der Waals surface area contributed by atoms with Crippen LogP contribution in [-0.2, 0) is 0 Å². The highest BCUT2D eigenvalue weighted by atomic mass is 19.1. The van der Waals surface area contributed by atoms with Gasteiger partial charge in [0.1, 0.15) is 11.6 Å². The molecule has 2 nitrogen and oxygen atoms in total. The first-order valence-electron chi connectivity index (χ1n) is 11.1. The van der Waals surface area contributed by atoms with E-state index in [1.807, 2.05) is 66.9 Å². The van der Waals surface area contributed by atoms with Gasteiger partial charge in [0, 0.05) is 34.9 Å². The Kier molecular flexibility index (Phi) is 6.13. The molecule has 166 valence electrons. The lowest BCUT2D eigenvalue weighted by Gasteiger charge is -2.17. The highest BCUT2D eigenvalue weighted by molar-refractivity contribution is 6.02. The van der Waals surface area contributed by atoms with E-state index in [2.05, 4.69) is 5.32 Å². The van der Waals surface area contributed by atoms with Gasteiger partial charge in [-0.3, -0.25) is 4.98 Å². The Hall–Kier alpha value is -4.31. The van der Waals surface area contributed by atoms with Crippen molar-refractivity contribution in [3.63, 3.8) is 0 Å². The molecule has 0 bridgehead atoms. The minimum absolute atomic E-state index is 0.277. The van der Waals surface area contributed by atoms with Crippen LogP contribution in [0.5, 0.6) is 0 Å². The number of aromatic nitrogens is 1. The van der Waals surface area contributed by atoms with Crippen molar-refractivity contribution in [3.8, 4) is 11.1 Å². The Morgan fingerprint density at radius 3 is 2.12 bits per heavy atom. The Bertz CT molecular complexity index is 1440. The topological polar surface area (TPSA) is 24.9 Å². The number of benzene rings is 4. The van der Waals surface area contributed by atoms with Crippen molar-refractivity contribution in [2.24, 2.45) is 0 Å². The minimum atomic E-state index is -0.281. The highest BCUT2D eigenvalue weighted by Gasteiger charge is 2.15. The molecule has 0 saturated carbocycles. The average Bonchev–Trinajstić information content (AvgIpc) is 2.88. The van der Waals surface area contributed by atoms with E-state index < -0.39 is 0 Å². The zero-order valence-corrected chi connectivity index (χ0v) is 18.4. The second-order valence-electron chi connectivity index (χ2n) is 8.01. The molecule has 0 radical (unpaired) electrons. The maximum absolute atomic E-state index is 13.7. The summed E-state index contributed by atoms with van der Waals surface area (Å²) in [5.74, 6) is -0.558. The Labute approximate surface area is 197 Å². The van der Waals surface area contributed by atoms with Crippen molar-refractivity contribution in [2.45, 2.75) is 0 Å². The summed E-state index contributed by atoms with van der Waals surface area (Å²) in [5.41, 5.74) is 6.52. The maximum Gasteiger partial charge on any atom is 0.123 e. The van der Waals surface area contributed by atoms with E-state index >= 15 is 0 Å². The fourth-order valence-corrected chi connectivity index (χ4v) is 4.05. The van der Waals surface area contributed by atoms with Gasteiger partial charge >= 0.3 is 0 Å². The van der Waals surface area contributed by atoms with E-state index in [1.165, 1.54) is 24.3 Å². The van der Waals surface area contributed by atoms with Crippen LogP contribution in [0.1, 0.15) is 11.1 Å². The SMILES string of the molecule is Fc1ccc(/C=C(\CNc2ccccc2)c2cnc3ccccc3c2-c2ccc(F)cc2)cc1. The molecule has 1 heterocycles. The standard InChI is InChI=1S/C30H22F2N2/c31-24-14-10-21(11-15-24)18-23(19-33-26-6-2-1-3-7-26)28-20-34-29-9-5-4-8-27(29)30(28)22-12-16-25(32)17-13-22/h1-18,20,33H,19H2/b23-18+. The third-order valence-corrected chi connectivity index (χ3v) is 5.72. The molecule has 0 aliphatic rings. The van der Waals surface area contributed by atoms with Crippen LogP contribution < -0.4 is 5.32 Å². The summed E-state index contributed by atoms with van der Waals surface area (Å²) in [5, 5.41) is 4.46. The number of anilines is 1. The predicted molar refractivity (Wildman–Crippen MR) is 136 cm³/mol. The molecule has 4 heteroatoms. The molecule has 0 aliphatic carbocycles. The first-order valence-corrected chi connectivity index (χ1v) is 11.1. The molecular weight excluding hydrogens is 426 g/mol. The summed E-state index contributed by atoms with van der Waals surface area (Å²) < 4.78 is 27.3. The van der Waals surface area contributed by atoms with Gasteiger partial charge in [-0.1, -0.05) is 60.7 Å². The normalized spacial score (nSPS) is 11.5. The molecule has 0 saturated heterocycles. The van der Waals surface area contributed by atoms with Crippen LogP contribution in [0, 0.1) is 11.6 Å². The van der Waals surface area contributed by atoms with Crippen molar-refractivity contribution in [1.82, 2.24) is 4.98 Å². The molecule has 0 fully saturated rings. The molecular formula is C30H22F2N2. The minimum Gasteiger partial charge on any atom is -0.381 e. The lowest BCUT2D eigenvalue weighted by atomic mass is 9.91. The van der Waals surface area contributed by atoms with Crippen LogP contribution in [0.25, 0.3) is 33.7 Å². The van der Waals surface area contributed by atoms with Crippen LogP contribution in [0.2, 0.25) is 0 Å². The highest BCUT2D eigenvalue weighted by Crippen LogP contribution is 2.36.